The van der Waals surface area contributed by atoms with E-state index in [1.807, 2.05) is 26.0 Å². The van der Waals surface area contributed by atoms with Crippen LogP contribution in [0.15, 0.2) is 36.5 Å². The third-order valence-electron chi connectivity index (χ3n) is 6.98. The first-order chi connectivity index (χ1) is 18.5. The third kappa shape index (κ3) is 6.74. The van der Waals surface area contributed by atoms with Crippen molar-refractivity contribution >= 4 is 28.2 Å². The Balaban J connectivity index is 1.67. The van der Waals surface area contributed by atoms with Crippen molar-refractivity contribution in [3.8, 4) is 11.5 Å². The molecule has 0 aliphatic carbocycles. The first kappa shape index (κ1) is 27.7. The molecule has 2 aromatic carbocycles. The van der Waals surface area contributed by atoms with Gasteiger partial charge in [-0.3, -0.25) is 9.78 Å². The predicted molar refractivity (Wildman–Crippen MR) is 153 cm³/mol. The Kier molecular flexibility index (Phi) is 9.79. The molecule has 0 atom stereocenters. The van der Waals surface area contributed by atoms with E-state index in [2.05, 4.69) is 45.6 Å². The van der Waals surface area contributed by atoms with Crippen LogP contribution in [0.5, 0.6) is 11.5 Å². The van der Waals surface area contributed by atoms with E-state index in [1.54, 1.807) is 6.20 Å². The molecule has 1 aliphatic rings. The lowest BCUT2D eigenvalue weighted by Gasteiger charge is -2.20. The number of benzene rings is 2. The molecule has 0 bridgehead atoms. The van der Waals surface area contributed by atoms with Gasteiger partial charge in [0.15, 0.2) is 11.5 Å². The predicted octanol–water partition coefficient (Wildman–Crippen LogP) is 4.55. The van der Waals surface area contributed by atoms with Crippen LogP contribution >= 0.6 is 0 Å². The van der Waals surface area contributed by atoms with Gasteiger partial charge in [0, 0.05) is 48.5 Å². The zero-order chi connectivity index (χ0) is 26.9. The first-order valence-corrected chi connectivity index (χ1v) is 13.8. The SMILES string of the molecule is CCOc1cc2ncc(CC(N)=O)c(Nc3cccc(CNCCN4CCCC4)c3CC)c2cc1OCC. The summed E-state index contributed by atoms with van der Waals surface area (Å²) in [7, 11) is 0. The largest absolute Gasteiger partial charge is 0.490 e. The molecule has 0 saturated carbocycles. The molecule has 4 N–H and O–H groups in total. The number of anilines is 2. The highest BCUT2D eigenvalue weighted by Gasteiger charge is 2.18. The van der Waals surface area contributed by atoms with Gasteiger partial charge in [-0.05, 0) is 69.5 Å². The van der Waals surface area contributed by atoms with E-state index in [9.17, 15) is 4.79 Å². The Morgan fingerprint density at radius 2 is 1.79 bits per heavy atom. The van der Waals surface area contributed by atoms with E-state index in [0.717, 1.165) is 53.9 Å². The highest BCUT2D eigenvalue weighted by Crippen LogP contribution is 2.38. The number of carbonyl (C=O) groups excluding carboxylic acids is 1. The van der Waals surface area contributed by atoms with Gasteiger partial charge in [-0.2, -0.15) is 0 Å². The van der Waals surface area contributed by atoms with Crippen LogP contribution < -0.4 is 25.8 Å². The molecule has 0 unspecified atom stereocenters. The number of fused-ring (bicyclic) bond motifs is 1. The molecule has 1 aromatic heterocycles. The second kappa shape index (κ2) is 13.4. The first-order valence-electron chi connectivity index (χ1n) is 13.8. The number of rotatable bonds is 14. The van der Waals surface area contributed by atoms with Gasteiger partial charge in [-0.15, -0.1) is 0 Å². The number of carbonyl (C=O) groups is 1. The van der Waals surface area contributed by atoms with Crippen molar-refractivity contribution in [3.05, 3.63) is 53.2 Å². The number of nitrogens with two attached hydrogens (primary N) is 1. The lowest BCUT2D eigenvalue weighted by Crippen LogP contribution is -2.29. The van der Waals surface area contributed by atoms with Crippen molar-refractivity contribution in [2.24, 2.45) is 5.73 Å². The number of amides is 1. The van der Waals surface area contributed by atoms with Crippen LogP contribution in [0.25, 0.3) is 10.9 Å². The second-order valence-electron chi connectivity index (χ2n) is 9.63. The number of aromatic nitrogens is 1. The number of hydrogen-bond acceptors (Lipinski definition) is 7. The van der Waals surface area contributed by atoms with Gasteiger partial charge in [0.2, 0.25) is 5.91 Å². The number of primary amides is 1. The summed E-state index contributed by atoms with van der Waals surface area (Å²) in [6.07, 6.45) is 5.31. The molecule has 1 amide bonds. The van der Waals surface area contributed by atoms with Crippen LogP contribution in [-0.4, -0.2) is 55.2 Å². The number of nitrogens with zero attached hydrogens (tertiary/aromatic N) is 2. The number of ether oxygens (including phenoxy) is 2. The summed E-state index contributed by atoms with van der Waals surface area (Å²) in [5.41, 5.74) is 11.4. The van der Waals surface area contributed by atoms with Crippen LogP contribution in [0.3, 0.4) is 0 Å². The molecule has 1 aliphatic heterocycles. The van der Waals surface area contributed by atoms with E-state index in [0.29, 0.717) is 24.7 Å². The fraction of sp³-hybridized carbons (Fsp3) is 0.467. The molecule has 3 aromatic rings. The Labute approximate surface area is 225 Å². The molecule has 2 heterocycles. The standard InChI is InChI=1S/C30H41N5O3/c1-4-23-21(19-32-12-15-35-13-7-8-14-35)10-9-11-25(23)34-30-22(16-29(31)36)20-33-26-18-28(38-6-3)27(37-5-2)17-24(26)30/h9-11,17-18,20,32H,4-8,12-16,19H2,1-3H3,(H2,31,36)(H,33,34). The van der Waals surface area contributed by atoms with Gasteiger partial charge >= 0.3 is 0 Å². The van der Waals surface area contributed by atoms with Crippen LogP contribution in [0.2, 0.25) is 0 Å². The number of likely N-dealkylation sites (tertiary alicyclic amines) is 1. The maximum absolute atomic E-state index is 11.9. The smallest absolute Gasteiger partial charge is 0.221 e. The van der Waals surface area contributed by atoms with E-state index in [4.69, 9.17) is 15.2 Å². The molecule has 204 valence electrons. The van der Waals surface area contributed by atoms with Gasteiger partial charge in [0.1, 0.15) is 0 Å². The third-order valence-corrected chi connectivity index (χ3v) is 6.98. The van der Waals surface area contributed by atoms with Crippen molar-refractivity contribution in [1.82, 2.24) is 15.2 Å². The molecule has 0 radical (unpaired) electrons. The average molecular weight is 520 g/mol. The molecule has 8 heteroatoms. The summed E-state index contributed by atoms with van der Waals surface area (Å²) >= 11 is 0. The van der Waals surface area contributed by atoms with Crippen molar-refractivity contribution in [2.75, 3.05) is 44.7 Å². The van der Waals surface area contributed by atoms with Crippen molar-refractivity contribution < 1.29 is 14.3 Å². The maximum Gasteiger partial charge on any atom is 0.221 e. The van der Waals surface area contributed by atoms with Gasteiger partial charge < -0.3 is 30.7 Å². The van der Waals surface area contributed by atoms with Gasteiger partial charge in [0.25, 0.3) is 0 Å². The molecule has 4 rings (SSSR count). The minimum absolute atomic E-state index is 0.0850. The Morgan fingerprint density at radius 3 is 2.47 bits per heavy atom. The fourth-order valence-corrected chi connectivity index (χ4v) is 5.18. The Hall–Kier alpha value is -3.36. The summed E-state index contributed by atoms with van der Waals surface area (Å²) < 4.78 is 11.7. The van der Waals surface area contributed by atoms with Crippen LogP contribution in [-0.2, 0) is 24.2 Å². The van der Waals surface area contributed by atoms with E-state index in [-0.39, 0.29) is 6.42 Å². The Bertz CT molecular complexity index is 1240. The lowest BCUT2D eigenvalue weighted by molar-refractivity contribution is -0.117. The number of pyridine rings is 1. The van der Waals surface area contributed by atoms with Gasteiger partial charge in [-0.1, -0.05) is 19.1 Å². The van der Waals surface area contributed by atoms with Gasteiger partial charge in [-0.25, -0.2) is 0 Å². The van der Waals surface area contributed by atoms with E-state index >= 15 is 0 Å². The summed E-state index contributed by atoms with van der Waals surface area (Å²) in [5, 5.41) is 8.14. The number of nitrogens with one attached hydrogen (secondary N) is 2. The van der Waals surface area contributed by atoms with Crippen molar-refractivity contribution in [2.45, 2.75) is 53.0 Å². The maximum atomic E-state index is 11.9. The fourth-order valence-electron chi connectivity index (χ4n) is 5.18. The molecular weight excluding hydrogens is 478 g/mol. The van der Waals surface area contributed by atoms with Crippen LogP contribution in [0.1, 0.15) is 50.3 Å². The molecule has 0 spiro atoms. The molecule has 1 saturated heterocycles. The van der Waals surface area contributed by atoms with Crippen molar-refractivity contribution in [1.29, 1.82) is 0 Å². The minimum Gasteiger partial charge on any atom is -0.490 e. The summed E-state index contributed by atoms with van der Waals surface area (Å²) in [6, 6.07) is 10.2. The summed E-state index contributed by atoms with van der Waals surface area (Å²) in [5.74, 6) is 0.894. The summed E-state index contributed by atoms with van der Waals surface area (Å²) in [4.78, 5) is 19.1. The number of hydrogen-bond donors (Lipinski definition) is 3. The lowest BCUT2D eigenvalue weighted by atomic mass is 10.0. The van der Waals surface area contributed by atoms with Gasteiger partial charge in [0.05, 0.1) is 30.8 Å². The van der Waals surface area contributed by atoms with Crippen LogP contribution in [0.4, 0.5) is 11.4 Å². The Morgan fingerprint density at radius 1 is 1.05 bits per heavy atom. The highest BCUT2D eigenvalue weighted by molar-refractivity contribution is 5.98. The molecule has 8 nitrogen and oxygen atoms in total. The molecule has 38 heavy (non-hydrogen) atoms. The van der Waals surface area contributed by atoms with E-state index in [1.165, 1.54) is 37.1 Å². The summed E-state index contributed by atoms with van der Waals surface area (Å²) in [6.45, 7) is 12.4. The highest BCUT2D eigenvalue weighted by atomic mass is 16.5. The quantitative estimate of drug-likeness (QED) is 0.269. The monoisotopic (exact) mass is 519 g/mol. The zero-order valence-corrected chi connectivity index (χ0v) is 22.9. The minimum atomic E-state index is -0.406. The second-order valence-corrected chi connectivity index (χ2v) is 9.63. The molecular formula is C30H41N5O3. The van der Waals surface area contributed by atoms with Crippen molar-refractivity contribution in [3.63, 3.8) is 0 Å². The average Bonchev–Trinajstić information content (AvgIpc) is 3.42. The molecule has 1 fully saturated rings. The van der Waals surface area contributed by atoms with Crippen LogP contribution in [0, 0.1) is 0 Å². The normalized spacial score (nSPS) is 13.7. The topological polar surface area (TPSA) is 102 Å². The van der Waals surface area contributed by atoms with E-state index < -0.39 is 5.91 Å². The zero-order valence-electron chi connectivity index (χ0n) is 22.9.